The minimum Gasteiger partial charge on any atom is -0.393 e. The molecule has 0 radical (unpaired) electrons. The maximum absolute atomic E-state index is 12.5. The number of amides is 1. The number of aromatic amines is 1. The molecule has 3 rings (SSSR count). The van der Waals surface area contributed by atoms with Crippen molar-refractivity contribution < 1.29 is 15.0 Å². The highest BCUT2D eigenvalue weighted by atomic mass is 16.3. The molecule has 1 aromatic rings. The Balaban J connectivity index is 1.80. The van der Waals surface area contributed by atoms with Crippen LogP contribution in [0.5, 0.6) is 0 Å². The second-order valence-electron chi connectivity index (χ2n) is 5.60. The first-order valence-corrected chi connectivity index (χ1v) is 6.82. The Bertz CT molecular complexity index is 499. The summed E-state index contributed by atoms with van der Waals surface area (Å²) < 4.78 is 0. The topological polar surface area (TPSA) is 89.5 Å². The number of nitrogens with zero attached hydrogens (tertiary/aromatic N) is 2. The number of hydrogen-bond donors (Lipinski definition) is 3. The van der Waals surface area contributed by atoms with Crippen LogP contribution in [0.4, 0.5) is 0 Å². The monoisotopic (exact) mass is 265 g/mol. The van der Waals surface area contributed by atoms with Crippen molar-refractivity contribution in [2.24, 2.45) is 0 Å². The van der Waals surface area contributed by atoms with Gasteiger partial charge in [0.1, 0.15) is 5.60 Å². The number of fused-ring (bicyclic) bond motifs is 1. The summed E-state index contributed by atoms with van der Waals surface area (Å²) in [6, 6.07) is 0. The molecule has 19 heavy (non-hydrogen) atoms. The molecule has 1 aliphatic heterocycles. The van der Waals surface area contributed by atoms with Gasteiger partial charge in [0.2, 0.25) is 0 Å². The molecule has 1 atom stereocenters. The van der Waals surface area contributed by atoms with Gasteiger partial charge in [-0.2, -0.15) is 5.10 Å². The molecule has 1 aromatic heterocycles. The Hall–Kier alpha value is -1.40. The van der Waals surface area contributed by atoms with E-state index in [1.165, 1.54) is 0 Å². The first-order chi connectivity index (χ1) is 9.13. The molecule has 2 heterocycles. The van der Waals surface area contributed by atoms with Gasteiger partial charge in [-0.25, -0.2) is 0 Å². The molecule has 0 unspecified atom stereocenters. The number of hydrogen-bond acceptors (Lipinski definition) is 4. The number of carbonyl (C=O) groups is 1. The Kier molecular flexibility index (Phi) is 3.06. The van der Waals surface area contributed by atoms with Gasteiger partial charge in [-0.05, 0) is 32.1 Å². The van der Waals surface area contributed by atoms with Crippen molar-refractivity contribution in [3.05, 3.63) is 17.0 Å². The number of likely N-dealkylation sites (tertiary alicyclic amines) is 1. The van der Waals surface area contributed by atoms with Crippen molar-refractivity contribution in [3.8, 4) is 0 Å². The molecule has 1 fully saturated rings. The highest BCUT2D eigenvalue weighted by Gasteiger charge is 2.36. The quantitative estimate of drug-likeness (QED) is 0.694. The Morgan fingerprint density at radius 3 is 3.05 bits per heavy atom. The molecule has 0 aromatic carbocycles. The number of piperidine rings is 1. The molecular formula is C13H19N3O3. The highest BCUT2D eigenvalue weighted by molar-refractivity contribution is 5.94. The molecule has 0 saturated carbocycles. The number of β-amino-alcohol motifs (C(OH)–C–C–N with tert-alkyl or cyclic N) is 1. The maximum Gasteiger partial charge on any atom is 0.274 e. The molecule has 0 spiro atoms. The van der Waals surface area contributed by atoms with Crippen molar-refractivity contribution in [3.63, 3.8) is 0 Å². The standard InChI is InChI=1S/C13H19N3O3/c17-8-13(19)5-2-6-16(7-13)12(18)11-9-3-1-4-10(9)14-15-11/h17,19H,1-8H2,(H,14,15)/t13-/m0/s1. The molecule has 2 aliphatic rings. The molecule has 104 valence electrons. The van der Waals surface area contributed by atoms with Gasteiger partial charge in [0, 0.05) is 17.8 Å². The average molecular weight is 265 g/mol. The van der Waals surface area contributed by atoms with Crippen LogP contribution in [0.3, 0.4) is 0 Å². The van der Waals surface area contributed by atoms with Crippen molar-refractivity contribution in [1.82, 2.24) is 15.1 Å². The van der Waals surface area contributed by atoms with Crippen LogP contribution in [0.2, 0.25) is 0 Å². The number of H-pyrrole nitrogens is 1. The molecule has 6 nitrogen and oxygen atoms in total. The summed E-state index contributed by atoms with van der Waals surface area (Å²) in [6.45, 7) is 0.488. The number of aryl methyl sites for hydroxylation is 1. The van der Waals surface area contributed by atoms with Crippen molar-refractivity contribution in [1.29, 1.82) is 0 Å². The lowest BCUT2D eigenvalue weighted by Gasteiger charge is -2.37. The molecule has 1 aliphatic carbocycles. The van der Waals surface area contributed by atoms with E-state index in [4.69, 9.17) is 0 Å². The van der Waals surface area contributed by atoms with E-state index >= 15 is 0 Å². The predicted molar refractivity (Wildman–Crippen MR) is 67.8 cm³/mol. The zero-order valence-corrected chi connectivity index (χ0v) is 10.9. The van der Waals surface area contributed by atoms with E-state index < -0.39 is 5.60 Å². The second-order valence-corrected chi connectivity index (χ2v) is 5.60. The maximum atomic E-state index is 12.5. The second kappa shape index (κ2) is 4.61. The third-order valence-electron chi connectivity index (χ3n) is 4.15. The van der Waals surface area contributed by atoms with Gasteiger partial charge >= 0.3 is 0 Å². The predicted octanol–water partition coefficient (Wildman–Crippen LogP) is -0.142. The Morgan fingerprint density at radius 1 is 1.42 bits per heavy atom. The highest BCUT2D eigenvalue weighted by Crippen LogP contribution is 2.26. The number of nitrogens with one attached hydrogen (secondary N) is 1. The third-order valence-corrected chi connectivity index (χ3v) is 4.15. The van der Waals surface area contributed by atoms with Crippen LogP contribution in [-0.4, -0.2) is 56.5 Å². The van der Waals surface area contributed by atoms with Crippen molar-refractivity contribution in [2.45, 2.75) is 37.7 Å². The third kappa shape index (κ3) is 2.15. The van der Waals surface area contributed by atoms with Gasteiger partial charge in [0.15, 0.2) is 5.69 Å². The summed E-state index contributed by atoms with van der Waals surface area (Å²) in [6.07, 6.45) is 4.15. The minimum atomic E-state index is -1.16. The van der Waals surface area contributed by atoms with Crippen LogP contribution in [0.1, 0.15) is 41.0 Å². The van der Waals surface area contributed by atoms with Crippen LogP contribution in [0, 0.1) is 0 Å². The fourth-order valence-electron chi connectivity index (χ4n) is 3.06. The SMILES string of the molecule is O=C(c1n[nH]c2c1CCC2)N1CCC[C@@](O)(CO)C1. The largest absolute Gasteiger partial charge is 0.393 e. The summed E-state index contributed by atoms with van der Waals surface area (Å²) in [5.74, 6) is -0.133. The van der Waals surface area contributed by atoms with E-state index in [0.29, 0.717) is 25.1 Å². The lowest BCUT2D eigenvalue weighted by atomic mass is 9.93. The number of aromatic nitrogens is 2. The van der Waals surface area contributed by atoms with E-state index in [9.17, 15) is 15.0 Å². The van der Waals surface area contributed by atoms with E-state index in [1.807, 2.05) is 0 Å². The Labute approximate surface area is 111 Å². The molecular weight excluding hydrogens is 246 g/mol. The summed E-state index contributed by atoms with van der Waals surface area (Å²) >= 11 is 0. The summed E-state index contributed by atoms with van der Waals surface area (Å²) in [7, 11) is 0. The molecule has 1 saturated heterocycles. The number of rotatable bonds is 2. The van der Waals surface area contributed by atoms with E-state index in [1.54, 1.807) is 4.90 Å². The van der Waals surface area contributed by atoms with Crippen molar-refractivity contribution >= 4 is 5.91 Å². The zero-order chi connectivity index (χ0) is 13.5. The van der Waals surface area contributed by atoms with E-state index in [0.717, 1.165) is 30.5 Å². The van der Waals surface area contributed by atoms with Crippen LogP contribution in [0.15, 0.2) is 0 Å². The van der Waals surface area contributed by atoms with Gasteiger partial charge < -0.3 is 15.1 Å². The smallest absolute Gasteiger partial charge is 0.274 e. The number of aliphatic hydroxyl groups is 2. The molecule has 6 heteroatoms. The van der Waals surface area contributed by atoms with Crippen LogP contribution in [-0.2, 0) is 12.8 Å². The van der Waals surface area contributed by atoms with Crippen LogP contribution >= 0.6 is 0 Å². The van der Waals surface area contributed by atoms with E-state index in [-0.39, 0.29) is 19.1 Å². The van der Waals surface area contributed by atoms with Crippen molar-refractivity contribution in [2.75, 3.05) is 19.7 Å². The minimum absolute atomic E-state index is 0.133. The fraction of sp³-hybridized carbons (Fsp3) is 0.692. The van der Waals surface area contributed by atoms with Crippen LogP contribution in [0.25, 0.3) is 0 Å². The number of carbonyl (C=O) groups excluding carboxylic acids is 1. The average Bonchev–Trinajstić information content (AvgIpc) is 3.00. The number of aliphatic hydroxyl groups excluding tert-OH is 1. The lowest BCUT2D eigenvalue weighted by molar-refractivity contribution is -0.0599. The van der Waals surface area contributed by atoms with Gasteiger partial charge in [-0.15, -0.1) is 0 Å². The first kappa shape index (κ1) is 12.6. The summed E-state index contributed by atoms with van der Waals surface area (Å²) in [4.78, 5) is 14.1. The fourth-order valence-corrected chi connectivity index (χ4v) is 3.06. The first-order valence-electron chi connectivity index (χ1n) is 6.82. The van der Waals surface area contributed by atoms with Crippen LogP contribution < -0.4 is 0 Å². The van der Waals surface area contributed by atoms with Gasteiger partial charge in [0.05, 0.1) is 13.2 Å². The van der Waals surface area contributed by atoms with Gasteiger partial charge in [-0.3, -0.25) is 9.89 Å². The summed E-state index contributed by atoms with van der Waals surface area (Å²) in [5.41, 5.74) is 1.43. The molecule has 0 bridgehead atoms. The molecule has 1 amide bonds. The zero-order valence-electron chi connectivity index (χ0n) is 10.9. The summed E-state index contributed by atoms with van der Waals surface area (Å²) in [5, 5.41) is 26.4. The van der Waals surface area contributed by atoms with E-state index in [2.05, 4.69) is 10.2 Å². The van der Waals surface area contributed by atoms with Gasteiger partial charge in [-0.1, -0.05) is 0 Å². The lowest BCUT2D eigenvalue weighted by Crippen LogP contribution is -2.52. The normalized spacial score (nSPS) is 26.5. The molecule has 3 N–H and O–H groups in total. The van der Waals surface area contributed by atoms with Gasteiger partial charge in [0.25, 0.3) is 5.91 Å². The Morgan fingerprint density at radius 2 is 2.26 bits per heavy atom.